The van der Waals surface area contributed by atoms with Crippen LogP contribution in [0.3, 0.4) is 0 Å². The average molecular weight is 883 g/mol. The molecule has 9 aromatic carbocycles. The summed E-state index contributed by atoms with van der Waals surface area (Å²) in [6.07, 6.45) is 0. The highest BCUT2D eigenvalue weighted by Crippen LogP contribution is 2.50. The van der Waals surface area contributed by atoms with Crippen LogP contribution in [0.1, 0.15) is 41.5 Å². The molecule has 9 aromatic rings. The second-order valence-electron chi connectivity index (χ2n) is 16.9. The van der Waals surface area contributed by atoms with E-state index in [2.05, 4.69) is 86.6 Å². The summed E-state index contributed by atoms with van der Waals surface area (Å²) in [7, 11) is -7.80. The van der Waals surface area contributed by atoms with Crippen molar-refractivity contribution in [3.8, 4) is 0 Å². The molecule has 0 aliphatic rings. The lowest BCUT2D eigenvalue weighted by atomic mass is 10.1. The van der Waals surface area contributed by atoms with Crippen LogP contribution in [0, 0.1) is 0 Å². The summed E-state index contributed by atoms with van der Waals surface area (Å²) in [5, 5.41) is 12.6. The highest BCUT2D eigenvalue weighted by molar-refractivity contribution is 7.80. The molecule has 0 aromatic heterocycles. The van der Waals surface area contributed by atoms with Gasteiger partial charge in [0.1, 0.15) is 21.4 Å². The topological polar surface area (TPSA) is 51.2 Å². The van der Waals surface area contributed by atoms with Crippen molar-refractivity contribution in [3.05, 3.63) is 218 Å². The van der Waals surface area contributed by atoms with Crippen LogP contribution in [0.25, 0.3) is 32.3 Å². The Labute approximate surface area is 374 Å². The van der Waals surface area contributed by atoms with Crippen molar-refractivity contribution < 1.29 is 13.7 Å². The van der Waals surface area contributed by atoms with Gasteiger partial charge >= 0.3 is 0 Å². The zero-order valence-corrected chi connectivity index (χ0v) is 39.8. The zero-order valence-electron chi connectivity index (χ0n) is 37.1. The minimum absolute atomic E-state index is 0.0508. The van der Waals surface area contributed by atoms with Gasteiger partial charge in [-0.3, -0.25) is 0 Å². The fourth-order valence-electron chi connectivity index (χ4n) is 8.33. The van der Waals surface area contributed by atoms with Crippen LogP contribution in [0.5, 0.6) is 0 Å². The van der Waals surface area contributed by atoms with Gasteiger partial charge in [0.15, 0.2) is 0 Å². The Morgan fingerprint density at radius 1 is 0.238 bits per heavy atom. The molecule has 318 valence electrons. The molecule has 1 unspecified atom stereocenters. The van der Waals surface area contributed by atoms with Crippen LogP contribution in [0.15, 0.2) is 218 Å². The number of hydrogen-bond acceptors (Lipinski definition) is 3. The summed E-state index contributed by atoms with van der Waals surface area (Å²) in [6, 6.07) is 72.8. The van der Waals surface area contributed by atoms with Crippen LogP contribution in [-0.4, -0.2) is 17.0 Å². The number of benzene rings is 9. The molecule has 0 aliphatic carbocycles. The van der Waals surface area contributed by atoms with Crippen molar-refractivity contribution in [2.45, 2.75) is 58.5 Å². The van der Waals surface area contributed by atoms with Crippen molar-refractivity contribution in [2.24, 2.45) is 0 Å². The lowest BCUT2D eigenvalue weighted by Gasteiger charge is -2.24. The van der Waals surface area contributed by atoms with Crippen molar-refractivity contribution in [2.75, 3.05) is 0 Å². The van der Waals surface area contributed by atoms with Gasteiger partial charge in [0, 0.05) is 48.8 Å². The van der Waals surface area contributed by atoms with E-state index in [9.17, 15) is 13.7 Å². The van der Waals surface area contributed by atoms with Crippen LogP contribution >= 0.6 is 21.4 Å². The SMILES string of the molecule is CC(C)P(=O)(c1ccc2ccccc2c1)c1ccc2ccccc2c1.CC(C)P(=O)(c1ccccc1)c1ccc2ccccc2c1.CC(C)P(=O)(c1ccccc1)c1ccccc1. The van der Waals surface area contributed by atoms with Gasteiger partial charge in [-0.15, -0.1) is 0 Å². The van der Waals surface area contributed by atoms with E-state index in [1.54, 1.807) is 0 Å². The average Bonchev–Trinajstić information content (AvgIpc) is 3.33. The Balaban J connectivity index is 0.000000145. The molecule has 0 aliphatic heterocycles. The molecule has 0 heterocycles. The van der Waals surface area contributed by atoms with Crippen molar-refractivity contribution in [1.29, 1.82) is 0 Å². The van der Waals surface area contributed by atoms with Gasteiger partial charge in [0.05, 0.1) is 0 Å². The van der Waals surface area contributed by atoms with Gasteiger partial charge in [0.25, 0.3) is 0 Å². The van der Waals surface area contributed by atoms with Crippen molar-refractivity contribution in [1.82, 2.24) is 0 Å². The highest BCUT2D eigenvalue weighted by atomic mass is 31.2. The van der Waals surface area contributed by atoms with Gasteiger partial charge in [0.2, 0.25) is 0 Å². The summed E-state index contributed by atoms with van der Waals surface area (Å²) in [6.45, 7) is 12.3. The predicted octanol–water partition coefficient (Wildman–Crippen LogP) is 13.7. The first-order valence-electron chi connectivity index (χ1n) is 21.8. The van der Waals surface area contributed by atoms with Crippen molar-refractivity contribution >= 4 is 85.6 Å². The molecule has 3 nitrogen and oxygen atoms in total. The molecule has 0 N–H and O–H groups in total. The predicted molar refractivity (Wildman–Crippen MR) is 277 cm³/mol. The van der Waals surface area contributed by atoms with E-state index in [0.29, 0.717) is 0 Å². The number of rotatable bonds is 9. The van der Waals surface area contributed by atoms with Gasteiger partial charge in [-0.1, -0.05) is 242 Å². The van der Waals surface area contributed by atoms with Gasteiger partial charge in [-0.05, 0) is 50.5 Å². The molecule has 63 heavy (non-hydrogen) atoms. The molecule has 0 fully saturated rings. The molecule has 9 rings (SSSR count). The summed E-state index contributed by atoms with van der Waals surface area (Å²) in [4.78, 5) is 0. The Kier molecular flexibility index (Phi) is 14.3. The zero-order chi connectivity index (χ0) is 44.6. The third-order valence-electron chi connectivity index (χ3n) is 12.0. The molecule has 0 saturated carbocycles. The smallest absolute Gasteiger partial charge is 0.145 e. The molecule has 0 amide bonds. The van der Waals surface area contributed by atoms with E-state index < -0.39 is 21.4 Å². The molecular weight excluding hydrogens is 826 g/mol. The normalized spacial score (nSPS) is 12.7. The van der Waals surface area contributed by atoms with E-state index in [1.165, 1.54) is 16.2 Å². The summed E-state index contributed by atoms with van der Waals surface area (Å²) in [5.74, 6) is 0. The first-order chi connectivity index (χ1) is 30.4. The summed E-state index contributed by atoms with van der Waals surface area (Å²) >= 11 is 0. The minimum Gasteiger partial charge on any atom is -0.313 e. The Bertz CT molecular complexity index is 2960. The third-order valence-corrected chi connectivity index (χ3v) is 22.6. The van der Waals surface area contributed by atoms with Crippen molar-refractivity contribution in [3.63, 3.8) is 0 Å². The first-order valence-corrected chi connectivity index (χ1v) is 27.1. The van der Waals surface area contributed by atoms with Crippen LogP contribution in [0.2, 0.25) is 0 Å². The second kappa shape index (κ2) is 19.9. The number of hydrogen-bond donors (Lipinski definition) is 0. The van der Waals surface area contributed by atoms with E-state index in [4.69, 9.17) is 0 Å². The maximum Gasteiger partial charge on any atom is 0.145 e. The quantitative estimate of drug-likeness (QED) is 0.136. The fourth-order valence-corrected chi connectivity index (χ4v) is 16.5. The van der Waals surface area contributed by atoms with E-state index in [1.807, 2.05) is 173 Å². The Morgan fingerprint density at radius 2 is 0.444 bits per heavy atom. The molecule has 0 spiro atoms. The lowest BCUT2D eigenvalue weighted by Crippen LogP contribution is -2.22. The third kappa shape index (κ3) is 9.54. The first kappa shape index (κ1) is 45.5. The Morgan fingerprint density at radius 3 is 0.698 bits per heavy atom. The van der Waals surface area contributed by atoms with Crippen LogP contribution < -0.4 is 31.8 Å². The molecule has 6 heteroatoms. The molecule has 1 atom stereocenters. The van der Waals surface area contributed by atoms with Gasteiger partial charge in [-0.2, -0.15) is 0 Å². The maximum atomic E-state index is 14.2. The fraction of sp³-hybridized carbons (Fsp3) is 0.158. The minimum atomic E-state index is -2.70. The highest BCUT2D eigenvalue weighted by Gasteiger charge is 2.33. The molecule has 0 bridgehead atoms. The van der Waals surface area contributed by atoms with Crippen LogP contribution in [-0.2, 0) is 13.7 Å². The van der Waals surface area contributed by atoms with E-state index in [-0.39, 0.29) is 17.0 Å². The van der Waals surface area contributed by atoms with E-state index in [0.717, 1.165) is 48.0 Å². The lowest BCUT2D eigenvalue weighted by molar-refractivity contribution is 0.581. The van der Waals surface area contributed by atoms with E-state index >= 15 is 0 Å². The molecular formula is C57H57O3P3. The van der Waals surface area contributed by atoms with Gasteiger partial charge in [-0.25, -0.2) is 0 Å². The number of fused-ring (bicyclic) bond motifs is 3. The summed E-state index contributed by atoms with van der Waals surface area (Å²) in [5.41, 5.74) is 0.253. The maximum absolute atomic E-state index is 14.2. The Hall–Kier alpha value is -5.55. The summed E-state index contributed by atoms with van der Waals surface area (Å²) < 4.78 is 41.3. The monoisotopic (exact) mass is 882 g/mol. The molecule has 0 saturated heterocycles. The second-order valence-corrected chi connectivity index (χ2v) is 27.0. The standard InChI is InChI=1S/C23H21OP.C19H19OP.C15H17OP/c1-17(2)25(24,22-13-11-18-7-3-5-9-20(18)15-22)23-14-12-19-8-4-6-10-21(19)16-23;1-15(2)21(20,18-10-4-3-5-11-18)19-13-12-16-8-6-7-9-17(16)14-19;1-13(2)17(16,14-9-5-3-6-10-14)15-11-7-4-8-12-15/h3-17H,1-2H3;3-15H,1-2H3;3-13H,1-2H3. The van der Waals surface area contributed by atoms with Gasteiger partial charge < -0.3 is 13.7 Å². The molecule has 0 radical (unpaired) electrons. The largest absolute Gasteiger partial charge is 0.313 e. The van der Waals surface area contributed by atoms with Crippen LogP contribution in [0.4, 0.5) is 0 Å².